The van der Waals surface area contributed by atoms with Crippen molar-refractivity contribution in [1.82, 2.24) is 4.98 Å². The Morgan fingerprint density at radius 2 is 2.25 bits per heavy atom. The maximum atomic E-state index is 12.0. The lowest BCUT2D eigenvalue weighted by atomic mass is 10.2. The Morgan fingerprint density at radius 1 is 1.45 bits per heavy atom. The predicted octanol–water partition coefficient (Wildman–Crippen LogP) is 3.03. The molecule has 1 aromatic heterocycles. The molecule has 0 saturated carbocycles. The molecule has 20 heavy (non-hydrogen) atoms. The van der Waals surface area contributed by atoms with Crippen LogP contribution in [0, 0.1) is 0 Å². The van der Waals surface area contributed by atoms with Gasteiger partial charge in [0.2, 0.25) is 0 Å². The fraction of sp³-hybridized carbons (Fsp3) is 0.267. The summed E-state index contributed by atoms with van der Waals surface area (Å²) in [6.07, 6.45) is 2.65. The SMILES string of the molecule is CCC(C)Oc1cccc(NC(=O)c2cc(N)c[nH]2)c1. The van der Waals surface area contributed by atoms with Gasteiger partial charge in [0, 0.05) is 23.6 Å². The van der Waals surface area contributed by atoms with Crippen LogP contribution in [0.5, 0.6) is 5.75 Å². The predicted molar refractivity (Wildman–Crippen MR) is 80.0 cm³/mol. The smallest absolute Gasteiger partial charge is 0.272 e. The van der Waals surface area contributed by atoms with Crippen molar-refractivity contribution in [2.75, 3.05) is 11.1 Å². The van der Waals surface area contributed by atoms with Crippen molar-refractivity contribution in [3.63, 3.8) is 0 Å². The number of hydrogen-bond acceptors (Lipinski definition) is 3. The minimum Gasteiger partial charge on any atom is -0.491 e. The highest BCUT2D eigenvalue weighted by atomic mass is 16.5. The quantitative estimate of drug-likeness (QED) is 0.783. The van der Waals surface area contributed by atoms with E-state index in [-0.39, 0.29) is 12.0 Å². The molecule has 1 unspecified atom stereocenters. The Balaban J connectivity index is 2.06. The third kappa shape index (κ3) is 3.54. The summed E-state index contributed by atoms with van der Waals surface area (Å²) in [6, 6.07) is 8.92. The number of carbonyl (C=O) groups is 1. The van der Waals surface area contributed by atoms with E-state index in [9.17, 15) is 4.79 Å². The minimum atomic E-state index is -0.234. The number of ether oxygens (including phenoxy) is 1. The number of anilines is 2. The zero-order valence-electron chi connectivity index (χ0n) is 11.6. The normalized spacial score (nSPS) is 11.9. The fourth-order valence-electron chi connectivity index (χ4n) is 1.70. The number of carbonyl (C=O) groups excluding carboxylic acids is 1. The van der Waals surface area contributed by atoms with E-state index in [1.165, 1.54) is 0 Å². The lowest BCUT2D eigenvalue weighted by Gasteiger charge is -2.13. The van der Waals surface area contributed by atoms with Crippen LogP contribution in [-0.2, 0) is 0 Å². The van der Waals surface area contributed by atoms with Crippen LogP contribution in [0.25, 0.3) is 0 Å². The number of aromatic amines is 1. The molecule has 5 heteroatoms. The van der Waals surface area contributed by atoms with Crippen molar-refractivity contribution in [1.29, 1.82) is 0 Å². The summed E-state index contributed by atoms with van der Waals surface area (Å²) in [7, 11) is 0. The number of rotatable bonds is 5. The first-order chi connectivity index (χ1) is 9.58. The van der Waals surface area contributed by atoms with E-state index >= 15 is 0 Å². The highest BCUT2D eigenvalue weighted by Crippen LogP contribution is 2.20. The van der Waals surface area contributed by atoms with Crippen LogP contribution in [0.4, 0.5) is 11.4 Å². The molecule has 1 aromatic carbocycles. The molecule has 106 valence electrons. The van der Waals surface area contributed by atoms with Crippen LogP contribution in [0.2, 0.25) is 0 Å². The van der Waals surface area contributed by atoms with Crippen molar-refractivity contribution in [3.8, 4) is 5.75 Å². The molecule has 5 nitrogen and oxygen atoms in total. The van der Waals surface area contributed by atoms with Crippen molar-refractivity contribution in [2.45, 2.75) is 26.4 Å². The van der Waals surface area contributed by atoms with Crippen molar-refractivity contribution in [2.24, 2.45) is 0 Å². The standard InChI is InChI=1S/C15H19N3O2/c1-3-10(2)20-13-6-4-5-12(8-13)18-15(19)14-7-11(16)9-17-14/h4-10,17H,3,16H2,1-2H3,(H,18,19). The third-order valence-corrected chi connectivity index (χ3v) is 2.95. The number of nitrogen functional groups attached to an aromatic ring is 1. The first-order valence-electron chi connectivity index (χ1n) is 6.60. The molecule has 0 aliphatic carbocycles. The monoisotopic (exact) mass is 273 g/mol. The maximum absolute atomic E-state index is 12.0. The number of aromatic nitrogens is 1. The summed E-state index contributed by atoms with van der Waals surface area (Å²) in [5, 5.41) is 2.80. The summed E-state index contributed by atoms with van der Waals surface area (Å²) in [5.41, 5.74) is 7.22. The molecule has 4 N–H and O–H groups in total. The van der Waals surface area contributed by atoms with Crippen LogP contribution in [0.15, 0.2) is 36.5 Å². The topological polar surface area (TPSA) is 80.1 Å². The first kappa shape index (κ1) is 14.0. The number of nitrogens with one attached hydrogen (secondary N) is 2. The van der Waals surface area contributed by atoms with Crippen molar-refractivity contribution < 1.29 is 9.53 Å². The van der Waals surface area contributed by atoms with Gasteiger partial charge in [-0.1, -0.05) is 13.0 Å². The van der Waals surface area contributed by atoms with Gasteiger partial charge >= 0.3 is 0 Å². The molecule has 1 heterocycles. The van der Waals surface area contributed by atoms with Gasteiger partial charge in [-0.05, 0) is 31.5 Å². The van der Waals surface area contributed by atoms with Gasteiger partial charge in [0.05, 0.1) is 6.10 Å². The molecule has 0 bridgehead atoms. The Bertz CT molecular complexity index is 592. The summed E-state index contributed by atoms with van der Waals surface area (Å²) < 4.78 is 5.72. The van der Waals surface area contributed by atoms with E-state index in [4.69, 9.17) is 10.5 Å². The molecule has 1 amide bonds. The van der Waals surface area contributed by atoms with Gasteiger partial charge in [-0.25, -0.2) is 0 Å². The number of nitrogens with two attached hydrogens (primary N) is 1. The van der Waals surface area contributed by atoms with Gasteiger partial charge in [-0.2, -0.15) is 0 Å². The van der Waals surface area contributed by atoms with Crippen molar-refractivity contribution in [3.05, 3.63) is 42.2 Å². The zero-order chi connectivity index (χ0) is 14.5. The van der Waals surface area contributed by atoms with Crippen LogP contribution in [-0.4, -0.2) is 17.0 Å². The van der Waals surface area contributed by atoms with E-state index in [1.807, 2.05) is 25.1 Å². The Hall–Kier alpha value is -2.43. The van der Waals surface area contributed by atoms with Gasteiger partial charge in [0.1, 0.15) is 11.4 Å². The van der Waals surface area contributed by atoms with Crippen molar-refractivity contribution >= 4 is 17.3 Å². The molecule has 2 aromatic rings. The summed E-state index contributed by atoms with van der Waals surface area (Å²) in [5.74, 6) is 0.505. The average Bonchev–Trinajstić information content (AvgIpc) is 2.86. The Labute approximate surface area is 118 Å². The second kappa shape index (κ2) is 6.14. The second-order valence-corrected chi connectivity index (χ2v) is 4.67. The van der Waals surface area contributed by atoms with E-state index in [1.54, 1.807) is 18.3 Å². The zero-order valence-corrected chi connectivity index (χ0v) is 11.6. The van der Waals surface area contributed by atoms with E-state index in [2.05, 4.69) is 17.2 Å². The molecule has 0 radical (unpaired) electrons. The number of hydrogen-bond donors (Lipinski definition) is 3. The average molecular weight is 273 g/mol. The third-order valence-electron chi connectivity index (χ3n) is 2.95. The maximum Gasteiger partial charge on any atom is 0.272 e. The molecule has 2 rings (SSSR count). The summed E-state index contributed by atoms with van der Waals surface area (Å²) in [4.78, 5) is 14.8. The highest BCUT2D eigenvalue weighted by Gasteiger charge is 2.09. The van der Waals surface area contributed by atoms with E-state index in [0.29, 0.717) is 17.1 Å². The van der Waals surface area contributed by atoms with E-state index in [0.717, 1.165) is 12.2 Å². The molecule has 0 saturated heterocycles. The Kier molecular flexibility index (Phi) is 4.30. The molecular weight excluding hydrogens is 254 g/mol. The first-order valence-corrected chi connectivity index (χ1v) is 6.60. The highest BCUT2D eigenvalue weighted by molar-refractivity contribution is 6.03. The lowest BCUT2D eigenvalue weighted by molar-refractivity contribution is 0.102. The molecular formula is C15H19N3O2. The number of H-pyrrole nitrogens is 1. The largest absolute Gasteiger partial charge is 0.491 e. The minimum absolute atomic E-state index is 0.143. The molecule has 0 aliphatic rings. The van der Waals surface area contributed by atoms with Gasteiger partial charge in [-0.15, -0.1) is 0 Å². The van der Waals surface area contributed by atoms with Gasteiger partial charge < -0.3 is 20.8 Å². The summed E-state index contributed by atoms with van der Waals surface area (Å²) >= 11 is 0. The Morgan fingerprint density at radius 3 is 2.90 bits per heavy atom. The summed E-state index contributed by atoms with van der Waals surface area (Å²) in [6.45, 7) is 4.07. The van der Waals surface area contributed by atoms with Crippen LogP contribution in [0.3, 0.4) is 0 Å². The number of amides is 1. The lowest BCUT2D eigenvalue weighted by Crippen LogP contribution is -2.13. The van der Waals surface area contributed by atoms with Crippen LogP contribution < -0.4 is 15.8 Å². The molecule has 1 atom stereocenters. The van der Waals surface area contributed by atoms with Gasteiger partial charge in [0.25, 0.3) is 5.91 Å². The fourth-order valence-corrected chi connectivity index (χ4v) is 1.70. The van der Waals surface area contributed by atoms with Crippen LogP contribution >= 0.6 is 0 Å². The second-order valence-electron chi connectivity index (χ2n) is 4.67. The van der Waals surface area contributed by atoms with Crippen LogP contribution in [0.1, 0.15) is 30.8 Å². The van der Waals surface area contributed by atoms with Gasteiger partial charge in [-0.3, -0.25) is 4.79 Å². The number of benzene rings is 1. The molecule has 0 aliphatic heterocycles. The van der Waals surface area contributed by atoms with E-state index < -0.39 is 0 Å². The van der Waals surface area contributed by atoms with Gasteiger partial charge in [0.15, 0.2) is 0 Å². The molecule has 0 fully saturated rings. The molecule has 0 spiro atoms.